The van der Waals surface area contributed by atoms with Crippen LogP contribution in [0.25, 0.3) is 6.08 Å². The van der Waals surface area contributed by atoms with Crippen molar-refractivity contribution in [2.75, 3.05) is 0 Å². The molecule has 0 aliphatic carbocycles. The van der Waals surface area contributed by atoms with Crippen LogP contribution in [0.1, 0.15) is 15.9 Å². The first-order valence-electron chi connectivity index (χ1n) is 5.88. The summed E-state index contributed by atoms with van der Waals surface area (Å²) in [6.45, 7) is 0. The quantitative estimate of drug-likeness (QED) is 0.402. The van der Waals surface area contributed by atoms with Crippen molar-refractivity contribution in [3.8, 4) is 0 Å². The fourth-order valence-corrected chi connectivity index (χ4v) is 1.70. The molecule has 3 nitrogen and oxygen atoms in total. The van der Waals surface area contributed by atoms with Crippen molar-refractivity contribution in [2.45, 2.75) is 0 Å². The summed E-state index contributed by atoms with van der Waals surface area (Å²) in [5.41, 5.74) is 0.388. The third-order valence-corrected chi connectivity index (χ3v) is 2.69. The summed E-state index contributed by atoms with van der Waals surface area (Å²) in [7, 11) is 0. The average molecular weight is 270 g/mol. The lowest BCUT2D eigenvalue weighted by molar-refractivity contribution is -0.132. The number of carbonyl (C=O) groups excluding carboxylic acids is 1. The number of halogens is 1. The van der Waals surface area contributed by atoms with E-state index in [4.69, 9.17) is 5.11 Å². The zero-order valence-corrected chi connectivity index (χ0v) is 10.4. The van der Waals surface area contributed by atoms with Crippen molar-refractivity contribution in [1.82, 2.24) is 0 Å². The summed E-state index contributed by atoms with van der Waals surface area (Å²) in [4.78, 5) is 23.4. The predicted octanol–water partition coefficient (Wildman–Crippen LogP) is 3.18. The second kappa shape index (κ2) is 5.93. The van der Waals surface area contributed by atoms with E-state index in [2.05, 4.69) is 0 Å². The molecule has 0 saturated carbocycles. The Morgan fingerprint density at radius 3 is 2.10 bits per heavy atom. The monoisotopic (exact) mass is 270 g/mol. The van der Waals surface area contributed by atoms with Gasteiger partial charge >= 0.3 is 5.97 Å². The van der Waals surface area contributed by atoms with Crippen LogP contribution < -0.4 is 0 Å². The van der Waals surface area contributed by atoms with Crippen LogP contribution in [0.15, 0.2) is 60.2 Å². The van der Waals surface area contributed by atoms with Gasteiger partial charge in [-0.05, 0) is 35.9 Å². The SMILES string of the molecule is O=C(O)C(=Cc1ccccc1)C(=O)c1ccc(F)cc1. The lowest BCUT2D eigenvalue weighted by Crippen LogP contribution is -2.12. The topological polar surface area (TPSA) is 54.4 Å². The Balaban J connectivity index is 2.39. The molecule has 0 saturated heterocycles. The molecule has 0 aliphatic heterocycles. The van der Waals surface area contributed by atoms with Crippen LogP contribution in [0.5, 0.6) is 0 Å². The molecule has 0 heterocycles. The number of benzene rings is 2. The Bertz CT molecular complexity index is 658. The summed E-state index contributed by atoms with van der Waals surface area (Å²) in [5, 5.41) is 9.16. The molecular formula is C16H11FO3. The van der Waals surface area contributed by atoms with Crippen molar-refractivity contribution >= 4 is 17.8 Å². The second-order valence-corrected chi connectivity index (χ2v) is 4.11. The molecule has 1 N–H and O–H groups in total. The molecule has 0 amide bonds. The van der Waals surface area contributed by atoms with Gasteiger partial charge < -0.3 is 5.11 Å². The third-order valence-electron chi connectivity index (χ3n) is 2.69. The molecule has 0 fully saturated rings. The van der Waals surface area contributed by atoms with Gasteiger partial charge in [0.2, 0.25) is 0 Å². The van der Waals surface area contributed by atoms with Gasteiger partial charge in [0.05, 0.1) is 0 Å². The molecule has 0 bridgehead atoms. The minimum absolute atomic E-state index is 0.135. The van der Waals surface area contributed by atoms with Gasteiger partial charge in [-0.2, -0.15) is 0 Å². The van der Waals surface area contributed by atoms with Crippen molar-refractivity contribution in [1.29, 1.82) is 0 Å². The maximum atomic E-state index is 12.8. The van der Waals surface area contributed by atoms with Crippen molar-refractivity contribution in [3.05, 3.63) is 77.1 Å². The molecular weight excluding hydrogens is 259 g/mol. The standard InChI is InChI=1S/C16H11FO3/c17-13-8-6-12(7-9-13)15(18)14(16(19)20)10-11-4-2-1-3-5-11/h1-10H,(H,19,20). The Morgan fingerprint density at radius 1 is 0.950 bits per heavy atom. The number of carboxylic acid groups (broad SMARTS) is 1. The summed E-state index contributed by atoms with van der Waals surface area (Å²) >= 11 is 0. The van der Waals surface area contributed by atoms with Crippen LogP contribution in [0.2, 0.25) is 0 Å². The highest BCUT2D eigenvalue weighted by atomic mass is 19.1. The number of rotatable bonds is 4. The van der Waals surface area contributed by atoms with Crippen LogP contribution in [-0.4, -0.2) is 16.9 Å². The van der Waals surface area contributed by atoms with E-state index in [0.717, 1.165) is 12.1 Å². The predicted molar refractivity (Wildman–Crippen MR) is 72.8 cm³/mol. The highest BCUT2D eigenvalue weighted by Crippen LogP contribution is 2.14. The normalized spacial score (nSPS) is 11.2. The largest absolute Gasteiger partial charge is 0.478 e. The summed E-state index contributed by atoms with van der Waals surface area (Å²) in [6.07, 6.45) is 1.30. The number of hydrogen-bond donors (Lipinski definition) is 1. The molecule has 0 aliphatic rings. The van der Waals surface area contributed by atoms with Gasteiger partial charge in [0.15, 0.2) is 5.78 Å². The lowest BCUT2D eigenvalue weighted by atomic mass is 10.0. The van der Waals surface area contributed by atoms with E-state index in [1.165, 1.54) is 18.2 Å². The highest BCUT2D eigenvalue weighted by Gasteiger charge is 2.19. The fraction of sp³-hybridized carbons (Fsp3) is 0. The van der Waals surface area contributed by atoms with Gasteiger partial charge in [-0.3, -0.25) is 4.79 Å². The molecule has 100 valence electrons. The van der Waals surface area contributed by atoms with E-state index in [1.54, 1.807) is 30.3 Å². The van der Waals surface area contributed by atoms with Gasteiger partial charge in [0.25, 0.3) is 0 Å². The molecule has 2 aromatic carbocycles. The molecule has 0 unspecified atom stereocenters. The van der Waals surface area contributed by atoms with Crippen LogP contribution in [-0.2, 0) is 4.79 Å². The van der Waals surface area contributed by atoms with E-state index < -0.39 is 17.6 Å². The first-order chi connectivity index (χ1) is 9.58. The number of hydrogen-bond acceptors (Lipinski definition) is 2. The Hall–Kier alpha value is -2.75. The third kappa shape index (κ3) is 3.17. The smallest absolute Gasteiger partial charge is 0.339 e. The van der Waals surface area contributed by atoms with Crippen LogP contribution in [0.4, 0.5) is 4.39 Å². The van der Waals surface area contributed by atoms with Gasteiger partial charge in [-0.15, -0.1) is 0 Å². The summed E-state index contributed by atoms with van der Waals surface area (Å²) in [5.74, 6) is -2.45. The van der Waals surface area contributed by atoms with Gasteiger partial charge in [-0.1, -0.05) is 30.3 Å². The van der Waals surface area contributed by atoms with E-state index in [0.29, 0.717) is 5.56 Å². The zero-order chi connectivity index (χ0) is 14.5. The number of carbonyl (C=O) groups is 2. The van der Waals surface area contributed by atoms with Gasteiger partial charge in [-0.25, -0.2) is 9.18 Å². The second-order valence-electron chi connectivity index (χ2n) is 4.11. The molecule has 2 aromatic rings. The highest BCUT2D eigenvalue weighted by molar-refractivity contribution is 6.26. The number of aliphatic carboxylic acids is 1. The summed E-state index contributed by atoms with van der Waals surface area (Å²) < 4.78 is 12.8. The minimum atomic E-state index is -1.32. The number of Topliss-reactive ketones (excluding diaryl/α,β-unsaturated/α-hetero) is 1. The van der Waals surface area contributed by atoms with Gasteiger partial charge in [0.1, 0.15) is 11.4 Å². The minimum Gasteiger partial charge on any atom is -0.478 e. The van der Waals surface area contributed by atoms with E-state index in [1.807, 2.05) is 0 Å². The number of carboxylic acids is 1. The van der Waals surface area contributed by atoms with E-state index in [-0.39, 0.29) is 11.1 Å². The Labute approximate surface area is 115 Å². The molecule has 0 aromatic heterocycles. The first kappa shape index (κ1) is 13.7. The average Bonchev–Trinajstić information content (AvgIpc) is 2.45. The Morgan fingerprint density at radius 2 is 1.55 bits per heavy atom. The van der Waals surface area contributed by atoms with Crippen molar-refractivity contribution < 1.29 is 19.1 Å². The molecule has 0 spiro atoms. The lowest BCUT2D eigenvalue weighted by Gasteiger charge is -2.02. The maximum Gasteiger partial charge on any atom is 0.339 e. The van der Waals surface area contributed by atoms with E-state index in [9.17, 15) is 14.0 Å². The molecule has 4 heteroatoms. The van der Waals surface area contributed by atoms with Crippen LogP contribution in [0.3, 0.4) is 0 Å². The fourth-order valence-electron chi connectivity index (χ4n) is 1.70. The first-order valence-corrected chi connectivity index (χ1v) is 5.88. The van der Waals surface area contributed by atoms with E-state index >= 15 is 0 Å². The van der Waals surface area contributed by atoms with Crippen LogP contribution in [0, 0.1) is 5.82 Å². The molecule has 0 atom stereocenters. The zero-order valence-electron chi connectivity index (χ0n) is 10.4. The van der Waals surface area contributed by atoms with Crippen LogP contribution >= 0.6 is 0 Å². The van der Waals surface area contributed by atoms with Crippen molar-refractivity contribution in [2.24, 2.45) is 0 Å². The maximum absolute atomic E-state index is 12.8. The molecule has 2 rings (SSSR count). The Kier molecular flexibility index (Phi) is 4.05. The number of ketones is 1. The summed E-state index contributed by atoms with van der Waals surface area (Å²) in [6, 6.07) is 13.4. The molecule has 0 radical (unpaired) electrons. The van der Waals surface area contributed by atoms with Crippen molar-refractivity contribution in [3.63, 3.8) is 0 Å². The van der Waals surface area contributed by atoms with Gasteiger partial charge in [0, 0.05) is 5.56 Å². The molecule has 20 heavy (non-hydrogen) atoms.